The van der Waals surface area contributed by atoms with Crippen LogP contribution in [0.4, 0.5) is 0 Å². The zero-order chi connectivity index (χ0) is 8.43. The normalized spacial score (nSPS) is 15.9. The number of nitrogens with zero attached hydrogens (tertiary/aromatic N) is 1. The molecule has 0 aromatic carbocycles. The molecule has 0 aliphatic carbocycles. The van der Waals surface area contributed by atoms with Gasteiger partial charge in [-0.15, -0.1) is 0 Å². The molecule has 1 aliphatic rings. The Kier molecular flexibility index (Phi) is 1.72. The summed E-state index contributed by atoms with van der Waals surface area (Å²) in [4.78, 5) is 24.4. The van der Waals surface area contributed by atoms with Gasteiger partial charge in [-0.2, -0.15) is 0 Å². The van der Waals surface area contributed by atoms with Crippen molar-refractivity contribution in [3.8, 4) is 0 Å². The SMILES string of the molecule is COC(=O)C1=C(O)C(=O)N=C1. The number of aliphatic imine (C=N–C) groups is 1. The average molecular weight is 155 g/mol. The molecule has 1 rings (SSSR count). The molecular formula is C6H5NO4. The molecule has 0 radical (unpaired) electrons. The van der Waals surface area contributed by atoms with Crippen LogP contribution in [0.1, 0.15) is 0 Å². The van der Waals surface area contributed by atoms with Crippen molar-refractivity contribution < 1.29 is 19.4 Å². The van der Waals surface area contributed by atoms with Crippen LogP contribution in [0.25, 0.3) is 0 Å². The molecule has 1 aliphatic heterocycles. The molecule has 0 fully saturated rings. The van der Waals surface area contributed by atoms with Gasteiger partial charge in [-0.25, -0.2) is 9.79 Å². The Labute approximate surface area is 62.0 Å². The monoisotopic (exact) mass is 155 g/mol. The van der Waals surface area contributed by atoms with Gasteiger partial charge in [0, 0.05) is 6.21 Å². The third-order valence-corrected chi connectivity index (χ3v) is 1.17. The van der Waals surface area contributed by atoms with Crippen LogP contribution in [0, 0.1) is 0 Å². The van der Waals surface area contributed by atoms with Crippen LogP contribution < -0.4 is 0 Å². The lowest BCUT2D eigenvalue weighted by atomic mass is 10.3. The van der Waals surface area contributed by atoms with Crippen molar-refractivity contribution in [1.82, 2.24) is 0 Å². The second-order valence-corrected chi connectivity index (χ2v) is 1.82. The molecule has 0 unspecified atom stereocenters. The summed E-state index contributed by atoms with van der Waals surface area (Å²) in [5, 5.41) is 8.86. The van der Waals surface area contributed by atoms with Crippen LogP contribution in [0.2, 0.25) is 0 Å². The van der Waals surface area contributed by atoms with Crippen LogP contribution in [-0.2, 0) is 14.3 Å². The molecule has 0 atom stereocenters. The highest BCUT2D eigenvalue weighted by molar-refractivity contribution is 6.22. The molecule has 0 aromatic rings. The lowest BCUT2D eigenvalue weighted by molar-refractivity contribution is -0.135. The smallest absolute Gasteiger partial charge is 0.343 e. The van der Waals surface area contributed by atoms with E-state index in [1.807, 2.05) is 0 Å². The summed E-state index contributed by atoms with van der Waals surface area (Å²) in [5.41, 5.74) is -0.197. The first-order valence-corrected chi connectivity index (χ1v) is 2.76. The van der Waals surface area contributed by atoms with Crippen molar-refractivity contribution in [2.45, 2.75) is 0 Å². The molecule has 58 valence electrons. The van der Waals surface area contributed by atoms with Crippen LogP contribution in [0.3, 0.4) is 0 Å². The number of methoxy groups -OCH3 is 1. The van der Waals surface area contributed by atoms with Crippen molar-refractivity contribution in [3.63, 3.8) is 0 Å². The number of hydrogen-bond donors (Lipinski definition) is 1. The van der Waals surface area contributed by atoms with E-state index >= 15 is 0 Å². The van der Waals surface area contributed by atoms with Crippen LogP contribution in [-0.4, -0.2) is 30.3 Å². The quantitative estimate of drug-likeness (QED) is 0.522. The molecule has 1 heterocycles. The number of ether oxygens (including phenoxy) is 1. The van der Waals surface area contributed by atoms with Gasteiger partial charge < -0.3 is 9.84 Å². The fraction of sp³-hybridized carbons (Fsp3) is 0.167. The zero-order valence-electron chi connectivity index (χ0n) is 5.70. The number of carbonyl (C=O) groups excluding carboxylic acids is 2. The maximum Gasteiger partial charge on any atom is 0.343 e. The fourth-order valence-electron chi connectivity index (χ4n) is 0.620. The predicted octanol–water partition coefficient (Wildman–Crippen LogP) is -0.417. The average Bonchev–Trinajstić information content (AvgIpc) is 2.32. The Morgan fingerprint density at radius 1 is 1.73 bits per heavy atom. The van der Waals surface area contributed by atoms with Crippen LogP contribution >= 0.6 is 0 Å². The summed E-state index contributed by atoms with van der Waals surface area (Å²) in [7, 11) is 1.15. The third kappa shape index (κ3) is 1.12. The van der Waals surface area contributed by atoms with Gasteiger partial charge in [-0.3, -0.25) is 4.79 Å². The summed E-state index contributed by atoms with van der Waals surface area (Å²) in [6.07, 6.45) is 0.976. The first-order valence-electron chi connectivity index (χ1n) is 2.76. The van der Waals surface area contributed by atoms with Crippen molar-refractivity contribution in [3.05, 3.63) is 11.3 Å². The Hall–Kier alpha value is -1.65. The lowest BCUT2D eigenvalue weighted by Crippen LogP contribution is -2.07. The maximum atomic E-state index is 10.7. The first kappa shape index (κ1) is 7.46. The van der Waals surface area contributed by atoms with Gasteiger partial charge >= 0.3 is 11.9 Å². The fourth-order valence-corrected chi connectivity index (χ4v) is 0.620. The van der Waals surface area contributed by atoms with Crippen LogP contribution in [0.5, 0.6) is 0 Å². The minimum atomic E-state index is -0.814. The number of aliphatic hydroxyl groups is 1. The number of amides is 1. The second kappa shape index (κ2) is 2.53. The lowest BCUT2D eigenvalue weighted by Gasteiger charge is -1.94. The molecule has 5 nitrogen and oxygen atoms in total. The summed E-state index contributed by atoms with van der Waals surface area (Å²) in [6.45, 7) is 0. The van der Waals surface area contributed by atoms with E-state index in [2.05, 4.69) is 9.73 Å². The Bertz CT molecular complexity index is 276. The van der Waals surface area contributed by atoms with E-state index in [1.54, 1.807) is 0 Å². The first-order chi connectivity index (χ1) is 5.16. The van der Waals surface area contributed by atoms with E-state index < -0.39 is 17.6 Å². The standard InChI is InChI=1S/C6H5NO4/c1-11-6(10)3-2-7-5(9)4(3)8/h2H,1H3,(H,7,8,9). The molecule has 5 heteroatoms. The van der Waals surface area contributed by atoms with Gasteiger partial charge in [-0.1, -0.05) is 0 Å². The van der Waals surface area contributed by atoms with Gasteiger partial charge in [0.05, 0.1) is 7.11 Å². The predicted molar refractivity (Wildman–Crippen MR) is 35.2 cm³/mol. The van der Waals surface area contributed by atoms with E-state index in [0.717, 1.165) is 13.3 Å². The van der Waals surface area contributed by atoms with E-state index in [4.69, 9.17) is 5.11 Å². The van der Waals surface area contributed by atoms with E-state index in [9.17, 15) is 9.59 Å². The Balaban J connectivity index is 2.97. The highest BCUT2D eigenvalue weighted by Gasteiger charge is 2.24. The number of rotatable bonds is 1. The van der Waals surface area contributed by atoms with Crippen molar-refractivity contribution >= 4 is 18.1 Å². The number of hydrogen-bond acceptors (Lipinski definition) is 4. The van der Waals surface area contributed by atoms with E-state index in [1.165, 1.54) is 0 Å². The molecule has 0 aromatic heterocycles. The van der Waals surface area contributed by atoms with E-state index in [-0.39, 0.29) is 5.57 Å². The topological polar surface area (TPSA) is 76.0 Å². The summed E-state index contributed by atoms with van der Waals surface area (Å²) in [6, 6.07) is 0. The molecule has 0 saturated heterocycles. The van der Waals surface area contributed by atoms with E-state index in [0.29, 0.717) is 0 Å². The van der Waals surface area contributed by atoms with Crippen molar-refractivity contribution in [1.29, 1.82) is 0 Å². The van der Waals surface area contributed by atoms with Gasteiger partial charge in [0.2, 0.25) is 0 Å². The molecule has 0 saturated carbocycles. The summed E-state index contributed by atoms with van der Waals surface area (Å²) < 4.78 is 4.25. The van der Waals surface area contributed by atoms with Gasteiger partial charge in [-0.05, 0) is 0 Å². The molecular weight excluding hydrogens is 150 g/mol. The number of carbonyl (C=O) groups is 2. The maximum absolute atomic E-state index is 10.7. The largest absolute Gasteiger partial charge is 0.502 e. The molecule has 11 heavy (non-hydrogen) atoms. The molecule has 1 amide bonds. The number of esters is 1. The Morgan fingerprint density at radius 3 is 2.73 bits per heavy atom. The minimum Gasteiger partial charge on any atom is -0.502 e. The minimum absolute atomic E-state index is 0.197. The van der Waals surface area contributed by atoms with Gasteiger partial charge in [0.1, 0.15) is 5.57 Å². The highest BCUT2D eigenvalue weighted by atomic mass is 16.5. The zero-order valence-corrected chi connectivity index (χ0v) is 5.70. The van der Waals surface area contributed by atoms with Crippen LogP contribution in [0.15, 0.2) is 16.3 Å². The number of aliphatic hydroxyl groups excluding tert-OH is 1. The van der Waals surface area contributed by atoms with Crippen molar-refractivity contribution in [2.24, 2.45) is 4.99 Å². The van der Waals surface area contributed by atoms with Gasteiger partial charge in [0.15, 0.2) is 5.76 Å². The van der Waals surface area contributed by atoms with Gasteiger partial charge in [0.25, 0.3) is 0 Å². The molecule has 1 N–H and O–H groups in total. The molecule has 0 bridgehead atoms. The second-order valence-electron chi connectivity index (χ2n) is 1.82. The summed E-state index contributed by atoms with van der Waals surface area (Å²) in [5.74, 6) is -2.24. The Morgan fingerprint density at radius 2 is 2.36 bits per heavy atom. The van der Waals surface area contributed by atoms with Crippen molar-refractivity contribution in [2.75, 3.05) is 7.11 Å². The highest BCUT2D eigenvalue weighted by Crippen LogP contribution is 2.09. The summed E-state index contributed by atoms with van der Waals surface area (Å²) >= 11 is 0. The molecule has 0 spiro atoms. The third-order valence-electron chi connectivity index (χ3n) is 1.17.